The molecule has 3 nitrogen and oxygen atoms in total. The standard InChI is InChI=1S/C11H12O3.Na/c1-11(2,9(12)10(13)14)8-6-4-3-5-7-8;/h3-7H,1-2H3,(H,13,14);/q;+1/p-1. The van der Waals surface area contributed by atoms with Crippen LogP contribution in [-0.2, 0) is 15.0 Å². The van der Waals surface area contributed by atoms with Crippen molar-refractivity contribution in [3.8, 4) is 0 Å². The van der Waals surface area contributed by atoms with Gasteiger partial charge in [0.2, 0.25) is 0 Å². The summed E-state index contributed by atoms with van der Waals surface area (Å²) in [5, 5.41) is 10.5. The van der Waals surface area contributed by atoms with Crippen molar-refractivity contribution in [3.05, 3.63) is 35.9 Å². The predicted octanol–water partition coefficient (Wildman–Crippen LogP) is -2.71. The number of carboxylic acid groups (broad SMARTS) is 1. The van der Waals surface area contributed by atoms with E-state index in [1.165, 1.54) is 0 Å². The monoisotopic (exact) mass is 214 g/mol. The molecule has 0 spiro atoms. The van der Waals surface area contributed by atoms with Gasteiger partial charge < -0.3 is 9.90 Å². The molecule has 0 aliphatic heterocycles. The van der Waals surface area contributed by atoms with Crippen LogP contribution in [0.3, 0.4) is 0 Å². The molecule has 1 aromatic rings. The molecular weight excluding hydrogens is 203 g/mol. The van der Waals surface area contributed by atoms with Gasteiger partial charge in [-0.25, -0.2) is 0 Å². The number of rotatable bonds is 3. The molecule has 74 valence electrons. The minimum Gasteiger partial charge on any atom is -0.542 e. The van der Waals surface area contributed by atoms with E-state index in [2.05, 4.69) is 0 Å². The van der Waals surface area contributed by atoms with E-state index in [1.807, 2.05) is 6.07 Å². The van der Waals surface area contributed by atoms with Gasteiger partial charge in [-0.15, -0.1) is 0 Å². The van der Waals surface area contributed by atoms with E-state index in [4.69, 9.17) is 0 Å². The smallest absolute Gasteiger partial charge is 0.542 e. The van der Waals surface area contributed by atoms with Gasteiger partial charge in [-0.3, -0.25) is 4.79 Å². The van der Waals surface area contributed by atoms with E-state index in [-0.39, 0.29) is 29.6 Å². The summed E-state index contributed by atoms with van der Waals surface area (Å²) in [6, 6.07) is 8.78. The van der Waals surface area contributed by atoms with E-state index in [1.54, 1.807) is 38.1 Å². The van der Waals surface area contributed by atoms with Gasteiger partial charge in [0.25, 0.3) is 0 Å². The van der Waals surface area contributed by atoms with E-state index in [0.717, 1.165) is 0 Å². The third kappa shape index (κ3) is 3.16. The molecule has 15 heavy (non-hydrogen) atoms. The number of hydrogen-bond acceptors (Lipinski definition) is 3. The maximum absolute atomic E-state index is 11.3. The minimum absolute atomic E-state index is 0. The van der Waals surface area contributed by atoms with Gasteiger partial charge in [0, 0.05) is 0 Å². The summed E-state index contributed by atoms with van der Waals surface area (Å²) in [5.74, 6) is -2.54. The van der Waals surface area contributed by atoms with E-state index in [0.29, 0.717) is 5.56 Å². The molecule has 0 unspecified atom stereocenters. The summed E-state index contributed by atoms with van der Waals surface area (Å²) in [5.41, 5.74) is -0.353. The number of carboxylic acids is 1. The third-order valence-electron chi connectivity index (χ3n) is 2.25. The van der Waals surface area contributed by atoms with Gasteiger partial charge in [-0.1, -0.05) is 30.3 Å². The Labute approximate surface area is 111 Å². The Morgan fingerprint density at radius 3 is 2.00 bits per heavy atom. The Hall–Kier alpha value is -0.640. The van der Waals surface area contributed by atoms with Gasteiger partial charge >= 0.3 is 29.6 Å². The average molecular weight is 214 g/mol. The second kappa shape index (κ2) is 5.45. The number of hydrogen-bond donors (Lipinski definition) is 0. The van der Waals surface area contributed by atoms with Gasteiger partial charge in [-0.05, 0) is 19.4 Å². The molecule has 0 saturated carbocycles. The zero-order valence-electron chi connectivity index (χ0n) is 9.11. The number of aliphatic carboxylic acids is 1. The Balaban J connectivity index is 0.00000196. The first-order valence-electron chi connectivity index (χ1n) is 4.27. The Morgan fingerprint density at radius 1 is 1.13 bits per heavy atom. The molecule has 0 aromatic heterocycles. The maximum atomic E-state index is 11.3. The molecule has 0 saturated heterocycles. The van der Waals surface area contributed by atoms with Crippen molar-refractivity contribution in [2.45, 2.75) is 19.3 Å². The molecule has 0 radical (unpaired) electrons. The van der Waals surface area contributed by atoms with Crippen molar-refractivity contribution in [2.24, 2.45) is 0 Å². The molecule has 1 aromatic carbocycles. The van der Waals surface area contributed by atoms with Crippen molar-refractivity contribution in [1.82, 2.24) is 0 Å². The molecule has 0 heterocycles. The Kier molecular flexibility index (Phi) is 5.21. The van der Waals surface area contributed by atoms with Crippen LogP contribution in [0.1, 0.15) is 19.4 Å². The fourth-order valence-electron chi connectivity index (χ4n) is 1.24. The summed E-state index contributed by atoms with van der Waals surface area (Å²) < 4.78 is 0. The van der Waals surface area contributed by atoms with Crippen LogP contribution < -0.4 is 34.7 Å². The normalized spacial score (nSPS) is 10.3. The van der Waals surface area contributed by atoms with Crippen LogP contribution in [0.2, 0.25) is 0 Å². The van der Waals surface area contributed by atoms with Gasteiger partial charge in [-0.2, -0.15) is 0 Å². The third-order valence-corrected chi connectivity index (χ3v) is 2.25. The van der Waals surface area contributed by atoms with Crippen LogP contribution >= 0.6 is 0 Å². The average Bonchev–Trinajstić information content (AvgIpc) is 2.18. The Morgan fingerprint density at radius 2 is 1.60 bits per heavy atom. The van der Waals surface area contributed by atoms with Crippen molar-refractivity contribution in [3.63, 3.8) is 0 Å². The summed E-state index contributed by atoms with van der Waals surface area (Å²) in [7, 11) is 0. The minimum atomic E-state index is -1.64. The summed E-state index contributed by atoms with van der Waals surface area (Å²) >= 11 is 0. The quantitative estimate of drug-likeness (QED) is 0.406. The second-order valence-electron chi connectivity index (χ2n) is 3.61. The van der Waals surface area contributed by atoms with Crippen LogP contribution in [0.15, 0.2) is 30.3 Å². The van der Waals surface area contributed by atoms with Crippen molar-refractivity contribution in [1.29, 1.82) is 0 Å². The van der Waals surface area contributed by atoms with Gasteiger partial charge in [0.1, 0.15) is 5.97 Å². The van der Waals surface area contributed by atoms with Crippen molar-refractivity contribution < 1.29 is 44.3 Å². The van der Waals surface area contributed by atoms with Crippen LogP contribution in [0.25, 0.3) is 0 Å². The first-order valence-corrected chi connectivity index (χ1v) is 4.27. The number of ketones is 1. The first kappa shape index (κ1) is 14.4. The number of carbonyl (C=O) groups is 2. The number of Topliss-reactive ketones (excluding diaryl/α,β-unsaturated/α-hetero) is 1. The van der Waals surface area contributed by atoms with Crippen molar-refractivity contribution in [2.75, 3.05) is 0 Å². The van der Waals surface area contributed by atoms with Gasteiger partial charge in [0.15, 0.2) is 5.78 Å². The van der Waals surface area contributed by atoms with Crippen LogP contribution in [0.5, 0.6) is 0 Å². The van der Waals surface area contributed by atoms with E-state index >= 15 is 0 Å². The second-order valence-corrected chi connectivity index (χ2v) is 3.61. The molecule has 1 rings (SSSR count). The molecule has 0 aliphatic carbocycles. The molecule has 0 atom stereocenters. The van der Waals surface area contributed by atoms with E-state index in [9.17, 15) is 14.7 Å². The maximum Gasteiger partial charge on any atom is 1.00 e. The molecule has 0 bridgehead atoms. The van der Waals surface area contributed by atoms with E-state index < -0.39 is 17.2 Å². The topological polar surface area (TPSA) is 57.2 Å². The summed E-state index contributed by atoms with van der Waals surface area (Å²) in [6.45, 7) is 3.14. The molecular formula is C11H11NaO3. The fraction of sp³-hybridized carbons (Fsp3) is 0.273. The number of carbonyl (C=O) groups excluding carboxylic acids is 2. The largest absolute Gasteiger partial charge is 1.00 e. The van der Waals surface area contributed by atoms with Crippen LogP contribution in [-0.4, -0.2) is 11.8 Å². The summed E-state index contributed by atoms with van der Waals surface area (Å²) in [4.78, 5) is 21.8. The Bertz CT molecular complexity index is 357. The molecule has 0 aliphatic rings. The zero-order valence-corrected chi connectivity index (χ0v) is 11.1. The number of benzene rings is 1. The summed E-state index contributed by atoms with van der Waals surface area (Å²) in [6.07, 6.45) is 0. The van der Waals surface area contributed by atoms with Crippen molar-refractivity contribution >= 4 is 11.8 Å². The van der Waals surface area contributed by atoms with Gasteiger partial charge in [0.05, 0.1) is 5.41 Å². The molecule has 4 heteroatoms. The first-order chi connectivity index (χ1) is 6.46. The predicted molar refractivity (Wildman–Crippen MR) is 49.5 cm³/mol. The zero-order chi connectivity index (χ0) is 10.8. The SMILES string of the molecule is CC(C)(C(=O)C(=O)[O-])c1ccccc1.[Na+]. The van der Waals surface area contributed by atoms with Crippen LogP contribution in [0.4, 0.5) is 0 Å². The molecule has 0 fully saturated rings. The molecule has 0 amide bonds. The molecule has 0 N–H and O–H groups in total. The fourth-order valence-corrected chi connectivity index (χ4v) is 1.24. The van der Waals surface area contributed by atoms with Crippen LogP contribution in [0, 0.1) is 0 Å².